The highest BCUT2D eigenvalue weighted by Crippen LogP contribution is 1.74. The molecule has 0 heteroatoms. The van der Waals surface area contributed by atoms with E-state index in [-0.39, 0.29) is 0 Å². The van der Waals surface area contributed by atoms with Gasteiger partial charge in [0.05, 0.1) is 0 Å². The van der Waals surface area contributed by atoms with Crippen LogP contribution in [0.1, 0.15) is 41.5 Å². The molecule has 0 saturated carbocycles. The quantitative estimate of drug-likeness (QED) is 0.671. The first-order chi connectivity index (χ1) is 7.88. The van der Waals surface area contributed by atoms with Gasteiger partial charge >= 0.3 is 0 Å². The summed E-state index contributed by atoms with van der Waals surface area (Å²) in [5.41, 5.74) is 0. The Labute approximate surface area is 101 Å². The molecule has 0 bridgehead atoms. The van der Waals surface area contributed by atoms with Crippen molar-refractivity contribution in [2.45, 2.75) is 41.5 Å². The van der Waals surface area contributed by atoms with Crippen LogP contribution in [0, 0.1) is 0 Å². The van der Waals surface area contributed by atoms with Crippen LogP contribution in [0.2, 0.25) is 0 Å². The highest BCUT2D eigenvalue weighted by molar-refractivity contribution is 5.38. The Morgan fingerprint density at radius 2 is 1.31 bits per heavy atom. The summed E-state index contributed by atoms with van der Waals surface area (Å²) in [5, 5.41) is 2.56. The van der Waals surface area contributed by atoms with Crippen LogP contribution in [0.4, 0.5) is 0 Å². The fraction of sp³-hybridized carbons (Fsp3) is 0.375. The molecule has 0 radical (unpaired) electrons. The van der Waals surface area contributed by atoms with Gasteiger partial charge in [0.2, 0.25) is 0 Å². The first kappa shape index (κ1) is 17.1. The maximum Gasteiger partial charge on any atom is -0.0187 e. The predicted octanol–water partition coefficient (Wildman–Crippen LogP) is 3.90. The molecule has 0 amide bonds. The van der Waals surface area contributed by atoms with Crippen molar-refractivity contribution in [3.05, 3.63) is 46.9 Å². The van der Waals surface area contributed by atoms with Crippen LogP contribution in [0.25, 0.3) is 12.2 Å². The zero-order valence-corrected chi connectivity index (χ0v) is 11.6. The molecule has 1 aromatic rings. The highest BCUT2D eigenvalue weighted by Gasteiger charge is 1.78. The van der Waals surface area contributed by atoms with E-state index in [1.54, 1.807) is 0 Å². The second-order valence-electron chi connectivity index (χ2n) is 2.61. The molecule has 1 rings (SSSR count). The Morgan fingerprint density at radius 1 is 0.812 bits per heavy atom. The minimum atomic E-state index is 1.28. The Kier molecular flexibility index (Phi) is 14.6. The van der Waals surface area contributed by atoms with Gasteiger partial charge in [0, 0.05) is 0 Å². The summed E-state index contributed by atoms with van der Waals surface area (Å²) in [6.07, 6.45) is 8.33. The van der Waals surface area contributed by atoms with E-state index in [1.165, 1.54) is 10.4 Å². The molecule has 0 nitrogen and oxygen atoms in total. The number of rotatable bonds is 1. The van der Waals surface area contributed by atoms with Crippen molar-refractivity contribution in [2.24, 2.45) is 0 Å². The zero-order valence-electron chi connectivity index (χ0n) is 11.6. The van der Waals surface area contributed by atoms with E-state index < -0.39 is 0 Å². The van der Waals surface area contributed by atoms with Crippen molar-refractivity contribution in [2.75, 3.05) is 0 Å². The summed E-state index contributed by atoms with van der Waals surface area (Å²) in [7, 11) is 0. The second-order valence-corrected chi connectivity index (χ2v) is 2.61. The molecule has 0 aliphatic heterocycles. The molecule has 0 atom stereocenters. The van der Waals surface area contributed by atoms with Gasteiger partial charge in [-0.3, -0.25) is 0 Å². The molecule has 0 N–H and O–H groups in total. The lowest BCUT2D eigenvalue weighted by Crippen LogP contribution is -2.22. The monoisotopic (exact) mass is 218 g/mol. The summed E-state index contributed by atoms with van der Waals surface area (Å²) in [6.45, 7) is 12.1. The Balaban J connectivity index is 0. The van der Waals surface area contributed by atoms with Crippen LogP contribution >= 0.6 is 0 Å². The van der Waals surface area contributed by atoms with E-state index in [4.69, 9.17) is 0 Å². The van der Waals surface area contributed by atoms with Crippen LogP contribution in [0.5, 0.6) is 0 Å². The average Bonchev–Trinajstić information content (AvgIpc) is 2.41. The van der Waals surface area contributed by atoms with Crippen molar-refractivity contribution < 1.29 is 0 Å². The van der Waals surface area contributed by atoms with Crippen LogP contribution in [-0.4, -0.2) is 0 Å². The van der Waals surface area contributed by atoms with Gasteiger partial charge in [0.15, 0.2) is 0 Å². The van der Waals surface area contributed by atoms with Gasteiger partial charge in [-0.05, 0) is 24.3 Å². The largest absolute Gasteiger partial charge is 0.0876 e. The fourth-order valence-electron chi connectivity index (χ4n) is 1.13. The molecule has 0 aliphatic rings. The van der Waals surface area contributed by atoms with Crippen molar-refractivity contribution >= 4 is 12.2 Å². The van der Waals surface area contributed by atoms with E-state index in [0.717, 1.165) is 0 Å². The normalized spacial score (nSPS) is 11.6. The minimum absolute atomic E-state index is 1.28. The Bertz CT molecular complexity index is 369. The molecule has 1 aromatic carbocycles. The number of hydrogen-bond donors (Lipinski definition) is 0. The topological polar surface area (TPSA) is 0 Å². The molecule has 16 heavy (non-hydrogen) atoms. The third-order valence-corrected chi connectivity index (χ3v) is 1.78. The molecular weight excluding hydrogens is 192 g/mol. The molecule has 90 valence electrons. The van der Waals surface area contributed by atoms with Crippen LogP contribution in [-0.2, 0) is 0 Å². The molecule has 0 aliphatic carbocycles. The first-order valence-electron chi connectivity index (χ1n) is 6.23. The maximum atomic E-state index is 2.12. The zero-order chi connectivity index (χ0) is 12.8. The van der Waals surface area contributed by atoms with Crippen LogP contribution in [0.3, 0.4) is 0 Å². The minimum Gasteiger partial charge on any atom is -0.0876 e. The summed E-state index contributed by atoms with van der Waals surface area (Å²) in [6, 6.07) is 8.36. The summed E-state index contributed by atoms with van der Waals surface area (Å²) < 4.78 is 0. The number of hydrogen-bond acceptors (Lipinski definition) is 0. The van der Waals surface area contributed by atoms with Gasteiger partial charge in [-0.15, -0.1) is 0 Å². The van der Waals surface area contributed by atoms with Gasteiger partial charge in [-0.25, -0.2) is 0 Å². The lowest BCUT2D eigenvalue weighted by atomic mass is 10.2. The maximum absolute atomic E-state index is 2.12. The lowest BCUT2D eigenvalue weighted by molar-refractivity contribution is 1.50. The molecule has 0 saturated heterocycles. The Hall–Kier alpha value is -1.30. The fourth-order valence-corrected chi connectivity index (χ4v) is 1.13. The van der Waals surface area contributed by atoms with Crippen molar-refractivity contribution in [1.29, 1.82) is 0 Å². The number of benzene rings is 1. The highest BCUT2D eigenvalue weighted by atomic mass is 13.8. The van der Waals surface area contributed by atoms with Gasteiger partial charge < -0.3 is 0 Å². The SMILES string of the molecule is CC.CC.C\C=C/C=c1/cccc/c1=C/C. The van der Waals surface area contributed by atoms with Crippen molar-refractivity contribution in [3.63, 3.8) is 0 Å². The first-order valence-corrected chi connectivity index (χ1v) is 6.23. The summed E-state index contributed by atoms with van der Waals surface area (Å²) >= 11 is 0. The predicted molar refractivity (Wildman–Crippen MR) is 77.8 cm³/mol. The van der Waals surface area contributed by atoms with E-state index in [9.17, 15) is 0 Å². The van der Waals surface area contributed by atoms with Gasteiger partial charge in [-0.1, -0.05) is 76.3 Å². The molecule has 0 aromatic heterocycles. The smallest absolute Gasteiger partial charge is 0.0187 e. The van der Waals surface area contributed by atoms with Crippen molar-refractivity contribution in [1.82, 2.24) is 0 Å². The average molecular weight is 218 g/mol. The third-order valence-electron chi connectivity index (χ3n) is 1.78. The Morgan fingerprint density at radius 3 is 1.75 bits per heavy atom. The summed E-state index contributed by atoms with van der Waals surface area (Å²) in [5.74, 6) is 0. The second kappa shape index (κ2) is 13.7. The molecular formula is C16H26. The number of allylic oxidation sites excluding steroid dienone is 2. The van der Waals surface area contributed by atoms with E-state index in [0.29, 0.717) is 0 Å². The van der Waals surface area contributed by atoms with E-state index >= 15 is 0 Å². The van der Waals surface area contributed by atoms with Crippen LogP contribution in [0.15, 0.2) is 36.4 Å². The molecule has 0 fully saturated rings. The van der Waals surface area contributed by atoms with E-state index in [2.05, 4.69) is 49.4 Å². The molecule has 0 heterocycles. The van der Waals surface area contributed by atoms with Crippen LogP contribution < -0.4 is 10.4 Å². The third kappa shape index (κ3) is 7.05. The van der Waals surface area contributed by atoms with Gasteiger partial charge in [0.25, 0.3) is 0 Å². The van der Waals surface area contributed by atoms with Crippen molar-refractivity contribution in [3.8, 4) is 0 Å². The molecule has 0 unspecified atom stereocenters. The lowest BCUT2D eigenvalue weighted by Gasteiger charge is -1.86. The van der Waals surface area contributed by atoms with Gasteiger partial charge in [0.1, 0.15) is 0 Å². The van der Waals surface area contributed by atoms with E-state index in [1.807, 2.05) is 40.7 Å². The summed E-state index contributed by atoms with van der Waals surface area (Å²) in [4.78, 5) is 0. The van der Waals surface area contributed by atoms with Gasteiger partial charge in [-0.2, -0.15) is 0 Å². The standard InChI is InChI=1S/C12H14.2C2H6/c1-3-5-8-12-10-7-6-9-11(12)4-2;2*1-2/h3-10H,1-2H3;2*1-2H3/b5-3-,11-4-,12-8-;;. The molecule has 0 spiro atoms.